The van der Waals surface area contributed by atoms with Gasteiger partial charge in [-0.2, -0.15) is 0 Å². The van der Waals surface area contributed by atoms with Crippen LogP contribution in [-0.2, 0) is 4.74 Å². The van der Waals surface area contributed by atoms with Crippen molar-refractivity contribution in [1.29, 1.82) is 0 Å². The highest BCUT2D eigenvalue weighted by Gasteiger charge is 2.33. The lowest BCUT2D eigenvalue weighted by molar-refractivity contribution is 0.0639. The zero-order chi connectivity index (χ0) is 14.9. The van der Waals surface area contributed by atoms with E-state index in [1.807, 2.05) is 0 Å². The Bertz CT molecular complexity index is 499. The van der Waals surface area contributed by atoms with E-state index in [-0.39, 0.29) is 5.54 Å². The molecule has 1 aliphatic carbocycles. The standard InChI is InChI=1S/C16H26N4O/c1-4-7-17-13-10-14(19-15(18-13)12-5-6-12)20-8-9-21-11-16(20,2)3/h10,12H,4-9,11H2,1-3H3,(H,17,18,19). The van der Waals surface area contributed by atoms with Gasteiger partial charge in [0.1, 0.15) is 17.5 Å². The van der Waals surface area contributed by atoms with Crippen LogP contribution in [-0.4, -0.2) is 41.8 Å². The molecule has 5 heteroatoms. The van der Waals surface area contributed by atoms with Crippen molar-refractivity contribution < 1.29 is 4.74 Å². The maximum Gasteiger partial charge on any atom is 0.136 e. The molecule has 0 spiro atoms. The highest BCUT2D eigenvalue weighted by atomic mass is 16.5. The van der Waals surface area contributed by atoms with Gasteiger partial charge in [0.15, 0.2) is 0 Å². The van der Waals surface area contributed by atoms with Gasteiger partial charge >= 0.3 is 0 Å². The van der Waals surface area contributed by atoms with Crippen LogP contribution in [0, 0.1) is 0 Å². The summed E-state index contributed by atoms with van der Waals surface area (Å²) in [6.45, 7) is 9.95. The number of morpholine rings is 1. The van der Waals surface area contributed by atoms with Crippen molar-refractivity contribution in [1.82, 2.24) is 9.97 Å². The van der Waals surface area contributed by atoms with E-state index in [1.165, 1.54) is 12.8 Å². The first-order valence-electron chi connectivity index (χ1n) is 8.08. The minimum atomic E-state index is -0.0184. The Morgan fingerprint density at radius 1 is 1.38 bits per heavy atom. The van der Waals surface area contributed by atoms with Gasteiger partial charge in [-0.05, 0) is 33.1 Å². The topological polar surface area (TPSA) is 50.3 Å². The van der Waals surface area contributed by atoms with Gasteiger partial charge in [-0.3, -0.25) is 0 Å². The van der Waals surface area contributed by atoms with Gasteiger partial charge in [0.2, 0.25) is 0 Å². The summed E-state index contributed by atoms with van der Waals surface area (Å²) in [7, 11) is 0. The lowest BCUT2D eigenvalue weighted by Crippen LogP contribution is -2.53. The molecule has 5 nitrogen and oxygen atoms in total. The lowest BCUT2D eigenvalue weighted by atomic mass is 10.0. The van der Waals surface area contributed by atoms with Gasteiger partial charge in [0.25, 0.3) is 0 Å². The zero-order valence-corrected chi connectivity index (χ0v) is 13.4. The van der Waals surface area contributed by atoms with Gasteiger partial charge in [-0.15, -0.1) is 0 Å². The predicted octanol–water partition coefficient (Wildman–Crippen LogP) is 2.79. The first kappa shape index (κ1) is 14.6. The van der Waals surface area contributed by atoms with E-state index in [0.29, 0.717) is 5.92 Å². The Hall–Kier alpha value is -1.36. The molecule has 2 heterocycles. The lowest BCUT2D eigenvalue weighted by Gasteiger charge is -2.43. The monoisotopic (exact) mass is 290 g/mol. The molecular weight excluding hydrogens is 264 g/mol. The molecular formula is C16H26N4O. The SMILES string of the molecule is CCCNc1cc(N2CCOCC2(C)C)nc(C2CC2)n1. The second kappa shape index (κ2) is 5.79. The van der Waals surface area contributed by atoms with E-state index >= 15 is 0 Å². The number of rotatable bonds is 5. The summed E-state index contributed by atoms with van der Waals surface area (Å²) >= 11 is 0. The molecule has 116 valence electrons. The quantitative estimate of drug-likeness (QED) is 0.903. The predicted molar refractivity (Wildman–Crippen MR) is 85.0 cm³/mol. The van der Waals surface area contributed by atoms with Gasteiger partial charge in [-0.25, -0.2) is 9.97 Å². The fraction of sp³-hybridized carbons (Fsp3) is 0.750. The van der Waals surface area contributed by atoms with Crippen LogP contribution >= 0.6 is 0 Å². The molecule has 2 fully saturated rings. The number of anilines is 2. The van der Waals surface area contributed by atoms with Crippen LogP contribution in [0.5, 0.6) is 0 Å². The maximum atomic E-state index is 5.62. The van der Waals surface area contributed by atoms with E-state index < -0.39 is 0 Å². The van der Waals surface area contributed by atoms with E-state index in [4.69, 9.17) is 14.7 Å². The van der Waals surface area contributed by atoms with E-state index in [2.05, 4.69) is 37.1 Å². The summed E-state index contributed by atoms with van der Waals surface area (Å²) < 4.78 is 5.62. The minimum Gasteiger partial charge on any atom is -0.377 e. The van der Waals surface area contributed by atoms with Crippen molar-refractivity contribution in [2.75, 3.05) is 36.5 Å². The molecule has 0 radical (unpaired) electrons. The summed E-state index contributed by atoms with van der Waals surface area (Å²) in [5, 5.41) is 3.42. The Kier molecular flexibility index (Phi) is 4.02. The molecule has 3 rings (SSSR count). The fourth-order valence-electron chi connectivity index (χ4n) is 2.74. The van der Waals surface area contributed by atoms with Crippen LogP contribution in [0.4, 0.5) is 11.6 Å². The molecule has 1 aromatic heterocycles. The third kappa shape index (κ3) is 3.28. The summed E-state index contributed by atoms with van der Waals surface area (Å²) in [6.07, 6.45) is 3.55. The third-order valence-electron chi connectivity index (χ3n) is 4.15. The van der Waals surface area contributed by atoms with Crippen molar-refractivity contribution in [3.05, 3.63) is 11.9 Å². The van der Waals surface area contributed by atoms with Crippen LogP contribution in [0.25, 0.3) is 0 Å². The molecule has 1 saturated heterocycles. The molecule has 0 bridgehead atoms. The van der Waals surface area contributed by atoms with Gasteiger partial charge < -0.3 is 15.0 Å². The molecule has 1 aromatic rings. The molecule has 21 heavy (non-hydrogen) atoms. The molecule has 1 saturated carbocycles. The van der Waals surface area contributed by atoms with E-state index in [1.54, 1.807) is 0 Å². The van der Waals surface area contributed by atoms with Crippen molar-refractivity contribution >= 4 is 11.6 Å². The van der Waals surface area contributed by atoms with Crippen molar-refractivity contribution in [3.8, 4) is 0 Å². The molecule has 1 N–H and O–H groups in total. The van der Waals surface area contributed by atoms with Crippen molar-refractivity contribution in [2.24, 2.45) is 0 Å². The number of aromatic nitrogens is 2. The number of ether oxygens (including phenoxy) is 1. The highest BCUT2D eigenvalue weighted by Crippen LogP contribution is 2.39. The second-order valence-electron chi connectivity index (χ2n) is 6.69. The third-order valence-corrected chi connectivity index (χ3v) is 4.15. The Morgan fingerprint density at radius 2 is 2.19 bits per heavy atom. The second-order valence-corrected chi connectivity index (χ2v) is 6.69. The van der Waals surface area contributed by atoms with Gasteiger partial charge in [0, 0.05) is 25.1 Å². The summed E-state index contributed by atoms with van der Waals surface area (Å²) in [4.78, 5) is 11.9. The molecule has 0 atom stereocenters. The summed E-state index contributed by atoms with van der Waals surface area (Å²) in [5.41, 5.74) is -0.0184. The number of hydrogen-bond acceptors (Lipinski definition) is 5. The molecule has 1 aliphatic heterocycles. The molecule has 0 amide bonds. The first-order valence-corrected chi connectivity index (χ1v) is 8.08. The summed E-state index contributed by atoms with van der Waals surface area (Å²) in [6, 6.07) is 2.09. The highest BCUT2D eigenvalue weighted by molar-refractivity contribution is 5.52. The molecule has 0 aromatic carbocycles. The van der Waals surface area contributed by atoms with Crippen molar-refractivity contribution in [2.45, 2.75) is 51.5 Å². The summed E-state index contributed by atoms with van der Waals surface area (Å²) in [5.74, 6) is 3.58. The average molecular weight is 290 g/mol. The Morgan fingerprint density at radius 3 is 2.86 bits per heavy atom. The first-order chi connectivity index (χ1) is 10.1. The van der Waals surface area contributed by atoms with E-state index in [9.17, 15) is 0 Å². The largest absolute Gasteiger partial charge is 0.377 e. The van der Waals surface area contributed by atoms with Crippen LogP contribution in [0.2, 0.25) is 0 Å². The van der Waals surface area contributed by atoms with Gasteiger partial charge in [0.05, 0.1) is 18.8 Å². The average Bonchev–Trinajstić information content (AvgIpc) is 3.29. The van der Waals surface area contributed by atoms with Crippen LogP contribution in [0.3, 0.4) is 0 Å². The molecule has 2 aliphatic rings. The number of nitrogens with zero attached hydrogens (tertiary/aromatic N) is 3. The Balaban J connectivity index is 1.90. The zero-order valence-electron chi connectivity index (χ0n) is 13.4. The Labute approximate surface area is 127 Å². The van der Waals surface area contributed by atoms with Crippen LogP contribution in [0.15, 0.2) is 6.07 Å². The van der Waals surface area contributed by atoms with Gasteiger partial charge in [-0.1, -0.05) is 6.92 Å². The van der Waals surface area contributed by atoms with E-state index in [0.717, 1.165) is 50.2 Å². The number of hydrogen-bond donors (Lipinski definition) is 1. The van der Waals surface area contributed by atoms with Crippen LogP contribution in [0.1, 0.15) is 51.8 Å². The normalized spacial score (nSPS) is 21.4. The van der Waals surface area contributed by atoms with Crippen LogP contribution < -0.4 is 10.2 Å². The minimum absolute atomic E-state index is 0.0184. The fourth-order valence-corrected chi connectivity index (χ4v) is 2.74. The van der Waals surface area contributed by atoms with Crippen molar-refractivity contribution in [3.63, 3.8) is 0 Å². The number of nitrogens with one attached hydrogen (secondary N) is 1. The smallest absolute Gasteiger partial charge is 0.136 e. The maximum absolute atomic E-state index is 5.62. The molecule has 0 unspecified atom stereocenters.